The Morgan fingerprint density at radius 1 is 1.50 bits per heavy atom. The van der Waals surface area contributed by atoms with Crippen molar-refractivity contribution in [2.75, 3.05) is 20.3 Å². The number of hydrogen-bond donors (Lipinski definition) is 2. The predicted octanol–water partition coefficient (Wildman–Crippen LogP) is -0.0358. The van der Waals surface area contributed by atoms with Crippen LogP contribution in [0.15, 0.2) is 0 Å². The maximum Gasteiger partial charge on any atom is 0.174 e. The standard InChI is InChI=1S/C10H19NO3/c1-6-7(2)10(4-12)5-13-9(14-10)8(6)11-3/h6-9,11-12H,4-5H2,1-3H3/t6-,7+,8+,9+,10-/m0/s1. The second kappa shape index (κ2) is 3.45. The fraction of sp³-hybridized carbons (Fsp3) is 1.00. The average Bonchev–Trinajstić information content (AvgIpc) is 2.59. The zero-order valence-electron chi connectivity index (χ0n) is 8.99. The summed E-state index contributed by atoms with van der Waals surface area (Å²) in [6.45, 7) is 4.86. The molecular weight excluding hydrogens is 182 g/mol. The van der Waals surface area contributed by atoms with Crippen molar-refractivity contribution in [3.8, 4) is 0 Å². The monoisotopic (exact) mass is 201 g/mol. The zero-order valence-corrected chi connectivity index (χ0v) is 8.99. The van der Waals surface area contributed by atoms with Gasteiger partial charge in [0.2, 0.25) is 0 Å². The van der Waals surface area contributed by atoms with Gasteiger partial charge in [0.15, 0.2) is 6.29 Å². The quantitative estimate of drug-likeness (QED) is 0.658. The highest BCUT2D eigenvalue weighted by Gasteiger charge is 2.55. The van der Waals surface area contributed by atoms with E-state index in [0.717, 1.165) is 0 Å². The Kier molecular flexibility index (Phi) is 2.55. The highest BCUT2D eigenvalue weighted by molar-refractivity contribution is 5.01. The van der Waals surface area contributed by atoms with Crippen molar-refractivity contribution in [1.29, 1.82) is 0 Å². The summed E-state index contributed by atoms with van der Waals surface area (Å²) in [5.74, 6) is 0.761. The van der Waals surface area contributed by atoms with E-state index in [-0.39, 0.29) is 18.9 Å². The molecule has 4 nitrogen and oxygen atoms in total. The highest BCUT2D eigenvalue weighted by atomic mass is 16.7. The zero-order chi connectivity index (χ0) is 10.3. The molecule has 2 N–H and O–H groups in total. The lowest BCUT2D eigenvalue weighted by atomic mass is 9.76. The minimum absolute atomic E-state index is 0.0471. The summed E-state index contributed by atoms with van der Waals surface area (Å²) in [5, 5.41) is 12.6. The Hall–Kier alpha value is -0.160. The molecule has 0 amide bonds. The first-order valence-electron chi connectivity index (χ1n) is 5.22. The summed E-state index contributed by atoms with van der Waals surface area (Å²) >= 11 is 0. The molecule has 0 radical (unpaired) electrons. The van der Waals surface area contributed by atoms with Gasteiger partial charge in [0.25, 0.3) is 0 Å². The largest absolute Gasteiger partial charge is 0.393 e. The minimum atomic E-state index is -0.461. The third kappa shape index (κ3) is 1.21. The van der Waals surface area contributed by atoms with Crippen molar-refractivity contribution in [2.24, 2.45) is 11.8 Å². The van der Waals surface area contributed by atoms with Gasteiger partial charge in [0.05, 0.1) is 19.3 Å². The van der Waals surface area contributed by atoms with Gasteiger partial charge < -0.3 is 19.9 Å². The molecule has 2 saturated heterocycles. The number of fused-ring (bicyclic) bond motifs is 2. The topological polar surface area (TPSA) is 50.7 Å². The SMILES string of the molecule is CN[C@H]1[C@@H]2OC[C@](CO)(O2)[C@H](C)[C@@H]1C. The van der Waals surface area contributed by atoms with Crippen LogP contribution in [0.5, 0.6) is 0 Å². The fourth-order valence-corrected chi connectivity index (χ4v) is 2.60. The maximum absolute atomic E-state index is 9.39. The second-order valence-corrected chi connectivity index (χ2v) is 4.48. The van der Waals surface area contributed by atoms with Crippen LogP contribution in [0.1, 0.15) is 13.8 Å². The van der Waals surface area contributed by atoms with Crippen molar-refractivity contribution in [3.05, 3.63) is 0 Å². The summed E-state index contributed by atoms with van der Waals surface area (Å²) in [7, 11) is 1.92. The number of nitrogens with one attached hydrogen (secondary N) is 1. The van der Waals surface area contributed by atoms with Crippen LogP contribution >= 0.6 is 0 Å². The molecule has 2 rings (SSSR count). The van der Waals surface area contributed by atoms with E-state index in [1.165, 1.54) is 0 Å². The molecule has 14 heavy (non-hydrogen) atoms. The summed E-state index contributed by atoms with van der Waals surface area (Å²) in [6, 6.07) is 0.229. The van der Waals surface area contributed by atoms with E-state index >= 15 is 0 Å². The van der Waals surface area contributed by atoms with E-state index in [9.17, 15) is 5.11 Å². The van der Waals surface area contributed by atoms with Gasteiger partial charge in [-0.2, -0.15) is 0 Å². The van der Waals surface area contributed by atoms with Crippen LogP contribution in [0.25, 0.3) is 0 Å². The minimum Gasteiger partial charge on any atom is -0.393 e. The van der Waals surface area contributed by atoms with E-state index < -0.39 is 5.60 Å². The van der Waals surface area contributed by atoms with Gasteiger partial charge in [-0.1, -0.05) is 13.8 Å². The summed E-state index contributed by atoms with van der Waals surface area (Å²) in [6.07, 6.45) is -0.196. The first-order valence-corrected chi connectivity index (χ1v) is 5.22. The normalized spacial score (nSPS) is 52.3. The van der Waals surface area contributed by atoms with Crippen LogP contribution in [-0.4, -0.2) is 43.3 Å². The molecule has 2 aliphatic heterocycles. The van der Waals surface area contributed by atoms with Crippen molar-refractivity contribution in [3.63, 3.8) is 0 Å². The van der Waals surface area contributed by atoms with Gasteiger partial charge in [-0.3, -0.25) is 0 Å². The van der Waals surface area contributed by atoms with Crippen LogP contribution in [-0.2, 0) is 9.47 Å². The van der Waals surface area contributed by atoms with Gasteiger partial charge in [-0.15, -0.1) is 0 Å². The Labute approximate surface area is 84.6 Å². The molecule has 0 aromatic carbocycles. The third-order valence-electron chi connectivity index (χ3n) is 3.92. The Morgan fingerprint density at radius 2 is 2.21 bits per heavy atom. The van der Waals surface area contributed by atoms with Gasteiger partial charge in [0.1, 0.15) is 5.60 Å². The molecule has 0 aliphatic carbocycles. The van der Waals surface area contributed by atoms with E-state index in [4.69, 9.17) is 9.47 Å². The molecule has 2 bridgehead atoms. The Morgan fingerprint density at radius 3 is 2.79 bits per heavy atom. The smallest absolute Gasteiger partial charge is 0.174 e. The van der Waals surface area contributed by atoms with Crippen LogP contribution in [0.2, 0.25) is 0 Å². The molecule has 2 fully saturated rings. The first-order chi connectivity index (χ1) is 6.64. The van der Waals surface area contributed by atoms with Crippen molar-refractivity contribution in [2.45, 2.75) is 31.8 Å². The molecule has 0 unspecified atom stereocenters. The van der Waals surface area contributed by atoms with Gasteiger partial charge in [-0.05, 0) is 18.9 Å². The van der Waals surface area contributed by atoms with E-state index in [1.54, 1.807) is 0 Å². The summed E-state index contributed by atoms with van der Waals surface area (Å²) < 4.78 is 11.4. The molecule has 0 spiro atoms. The molecule has 0 saturated carbocycles. The number of aliphatic hydroxyl groups is 1. The van der Waals surface area contributed by atoms with Crippen LogP contribution in [0.3, 0.4) is 0 Å². The third-order valence-corrected chi connectivity index (χ3v) is 3.92. The van der Waals surface area contributed by atoms with Crippen LogP contribution < -0.4 is 5.32 Å². The number of likely N-dealkylation sites (N-methyl/N-ethyl adjacent to an activating group) is 1. The summed E-state index contributed by atoms with van der Waals surface area (Å²) in [5.41, 5.74) is -0.461. The molecular formula is C10H19NO3. The van der Waals surface area contributed by atoms with Crippen molar-refractivity contribution in [1.82, 2.24) is 5.32 Å². The number of ether oxygens (including phenoxy) is 2. The maximum atomic E-state index is 9.39. The van der Waals surface area contributed by atoms with Gasteiger partial charge >= 0.3 is 0 Å². The number of rotatable bonds is 2. The number of hydrogen-bond acceptors (Lipinski definition) is 4. The Balaban J connectivity index is 2.23. The van der Waals surface area contributed by atoms with Crippen molar-refractivity contribution < 1.29 is 14.6 Å². The van der Waals surface area contributed by atoms with Gasteiger partial charge in [0, 0.05) is 0 Å². The lowest BCUT2D eigenvalue weighted by Gasteiger charge is -2.44. The molecule has 5 atom stereocenters. The van der Waals surface area contributed by atoms with Crippen molar-refractivity contribution >= 4 is 0 Å². The molecule has 0 aromatic rings. The summed E-state index contributed by atoms with van der Waals surface area (Å²) in [4.78, 5) is 0. The molecule has 82 valence electrons. The molecule has 4 heteroatoms. The van der Waals surface area contributed by atoms with Crippen LogP contribution in [0.4, 0.5) is 0 Å². The lowest BCUT2D eigenvalue weighted by Crippen LogP contribution is -2.57. The first kappa shape index (κ1) is 10.4. The van der Waals surface area contributed by atoms with Gasteiger partial charge in [-0.25, -0.2) is 0 Å². The predicted molar refractivity (Wildman–Crippen MR) is 51.8 cm³/mol. The van der Waals surface area contributed by atoms with E-state index in [0.29, 0.717) is 18.4 Å². The highest BCUT2D eigenvalue weighted by Crippen LogP contribution is 2.43. The molecule has 2 aliphatic rings. The van der Waals surface area contributed by atoms with Crippen LogP contribution in [0, 0.1) is 11.8 Å². The van der Waals surface area contributed by atoms with E-state index in [2.05, 4.69) is 19.2 Å². The average molecular weight is 201 g/mol. The van der Waals surface area contributed by atoms with E-state index in [1.807, 2.05) is 7.05 Å². The fourth-order valence-electron chi connectivity index (χ4n) is 2.60. The molecule has 0 aromatic heterocycles. The Bertz CT molecular complexity index is 223. The lowest BCUT2D eigenvalue weighted by molar-refractivity contribution is -0.188. The second-order valence-electron chi connectivity index (χ2n) is 4.48. The number of aliphatic hydroxyl groups excluding tert-OH is 1. The molecule has 2 heterocycles.